The Bertz CT molecular complexity index is 544. The molecule has 0 unspecified atom stereocenters. The topological polar surface area (TPSA) is 86.0 Å². The van der Waals surface area contributed by atoms with E-state index in [1.807, 2.05) is 25.1 Å². The maximum atomic E-state index is 5.69. The average molecular weight is 245 g/mol. The van der Waals surface area contributed by atoms with Crippen LogP contribution in [0.3, 0.4) is 0 Å². The van der Waals surface area contributed by atoms with Crippen molar-refractivity contribution in [2.75, 3.05) is 18.2 Å². The molecule has 2 rings (SSSR count). The summed E-state index contributed by atoms with van der Waals surface area (Å²) in [6.07, 6.45) is 1.39. The molecule has 0 fully saturated rings. The second-order valence-corrected chi connectivity index (χ2v) is 3.76. The fourth-order valence-corrected chi connectivity index (χ4v) is 1.59. The number of aromatic nitrogens is 3. The first-order valence-corrected chi connectivity index (χ1v) is 5.51. The van der Waals surface area contributed by atoms with E-state index in [9.17, 15) is 0 Å². The molecule has 0 aliphatic heterocycles. The monoisotopic (exact) mass is 245 g/mol. The summed E-state index contributed by atoms with van der Waals surface area (Å²) >= 11 is 0. The molecule has 0 spiro atoms. The molecule has 0 aliphatic rings. The summed E-state index contributed by atoms with van der Waals surface area (Å²) in [5.74, 6) is 1.32. The van der Waals surface area contributed by atoms with Gasteiger partial charge in [0.2, 0.25) is 5.75 Å². The van der Waals surface area contributed by atoms with Crippen LogP contribution in [0, 0.1) is 6.92 Å². The number of pyridine rings is 1. The van der Waals surface area contributed by atoms with Gasteiger partial charge in [-0.2, -0.15) is 0 Å². The van der Waals surface area contributed by atoms with Gasteiger partial charge in [0, 0.05) is 5.69 Å². The predicted molar refractivity (Wildman–Crippen MR) is 69.3 cm³/mol. The Morgan fingerprint density at radius 2 is 2.17 bits per heavy atom. The number of hydrogen-bond donors (Lipinski definition) is 2. The maximum Gasteiger partial charge on any atom is 0.203 e. The van der Waals surface area contributed by atoms with Crippen molar-refractivity contribution >= 4 is 11.6 Å². The van der Waals surface area contributed by atoms with Crippen LogP contribution in [0.2, 0.25) is 0 Å². The van der Waals surface area contributed by atoms with Gasteiger partial charge in [0.1, 0.15) is 6.33 Å². The lowest BCUT2D eigenvalue weighted by molar-refractivity contribution is 0.415. The van der Waals surface area contributed by atoms with E-state index < -0.39 is 0 Å². The minimum absolute atomic E-state index is 0.312. The fourth-order valence-electron chi connectivity index (χ4n) is 1.59. The molecule has 0 radical (unpaired) electrons. The molecular weight excluding hydrogens is 230 g/mol. The van der Waals surface area contributed by atoms with E-state index in [0.29, 0.717) is 23.9 Å². The minimum Gasteiger partial charge on any atom is -0.490 e. The molecule has 2 heterocycles. The second kappa shape index (κ2) is 5.31. The Hall–Kier alpha value is -2.37. The Kier molecular flexibility index (Phi) is 3.57. The quantitative estimate of drug-likeness (QED) is 0.846. The van der Waals surface area contributed by atoms with Gasteiger partial charge >= 0.3 is 0 Å². The molecule has 2 aromatic rings. The molecule has 0 bridgehead atoms. The molecule has 18 heavy (non-hydrogen) atoms. The Morgan fingerprint density at radius 3 is 2.89 bits per heavy atom. The van der Waals surface area contributed by atoms with Crippen molar-refractivity contribution in [2.45, 2.75) is 13.5 Å². The highest BCUT2D eigenvalue weighted by atomic mass is 16.5. The van der Waals surface area contributed by atoms with E-state index in [1.165, 1.54) is 13.4 Å². The standard InChI is InChI=1S/C12H15N5O/c1-8-4-3-5-9(17-8)6-14-12-10(18-2)11(13)15-7-16-12/h3-5,7H,6H2,1-2H3,(H3,13,14,15,16). The third kappa shape index (κ3) is 2.65. The normalized spacial score (nSPS) is 10.1. The lowest BCUT2D eigenvalue weighted by Gasteiger charge is -2.10. The van der Waals surface area contributed by atoms with Crippen LogP contribution in [-0.2, 0) is 6.54 Å². The third-order valence-electron chi connectivity index (χ3n) is 2.42. The van der Waals surface area contributed by atoms with E-state index in [4.69, 9.17) is 10.5 Å². The zero-order valence-electron chi connectivity index (χ0n) is 10.3. The van der Waals surface area contributed by atoms with Crippen molar-refractivity contribution < 1.29 is 4.74 Å². The van der Waals surface area contributed by atoms with E-state index in [0.717, 1.165) is 11.4 Å². The number of rotatable bonds is 4. The van der Waals surface area contributed by atoms with Gasteiger partial charge in [0.05, 0.1) is 19.3 Å². The van der Waals surface area contributed by atoms with Gasteiger partial charge in [0.25, 0.3) is 0 Å². The summed E-state index contributed by atoms with van der Waals surface area (Å²) < 4.78 is 5.16. The summed E-state index contributed by atoms with van der Waals surface area (Å²) in [6.45, 7) is 2.50. The van der Waals surface area contributed by atoms with Crippen LogP contribution in [0.5, 0.6) is 5.75 Å². The Morgan fingerprint density at radius 1 is 1.33 bits per heavy atom. The predicted octanol–water partition coefficient (Wildman–Crippen LogP) is 1.38. The van der Waals surface area contributed by atoms with Gasteiger partial charge in [-0.3, -0.25) is 4.98 Å². The van der Waals surface area contributed by atoms with Crippen molar-refractivity contribution in [1.82, 2.24) is 15.0 Å². The largest absolute Gasteiger partial charge is 0.490 e. The van der Waals surface area contributed by atoms with Gasteiger partial charge in [-0.1, -0.05) is 6.07 Å². The molecule has 6 nitrogen and oxygen atoms in total. The van der Waals surface area contributed by atoms with Gasteiger partial charge in [-0.25, -0.2) is 9.97 Å². The average Bonchev–Trinajstić information content (AvgIpc) is 2.36. The molecule has 6 heteroatoms. The third-order valence-corrected chi connectivity index (χ3v) is 2.42. The molecule has 0 aliphatic carbocycles. The summed E-state index contributed by atoms with van der Waals surface area (Å²) in [5, 5.41) is 3.13. The van der Waals surface area contributed by atoms with Gasteiger partial charge in [-0.05, 0) is 19.1 Å². The molecule has 3 N–H and O–H groups in total. The summed E-state index contributed by atoms with van der Waals surface area (Å²) in [4.78, 5) is 12.3. The van der Waals surface area contributed by atoms with Crippen molar-refractivity contribution in [3.05, 3.63) is 35.9 Å². The van der Waals surface area contributed by atoms with Crippen molar-refractivity contribution in [1.29, 1.82) is 0 Å². The number of aryl methyl sites for hydroxylation is 1. The lowest BCUT2D eigenvalue weighted by atomic mass is 10.3. The van der Waals surface area contributed by atoms with Crippen LogP contribution in [0.15, 0.2) is 24.5 Å². The van der Waals surface area contributed by atoms with Crippen LogP contribution >= 0.6 is 0 Å². The van der Waals surface area contributed by atoms with Gasteiger partial charge in [0.15, 0.2) is 11.6 Å². The molecular formula is C12H15N5O. The Labute approximate surface area is 105 Å². The van der Waals surface area contributed by atoms with Crippen LogP contribution in [0.25, 0.3) is 0 Å². The molecule has 0 aromatic carbocycles. The molecule has 0 saturated carbocycles. The highest BCUT2D eigenvalue weighted by molar-refractivity contribution is 5.61. The highest BCUT2D eigenvalue weighted by Gasteiger charge is 2.09. The van der Waals surface area contributed by atoms with Crippen molar-refractivity contribution in [3.8, 4) is 5.75 Å². The molecule has 2 aromatic heterocycles. The number of nitrogens with zero attached hydrogens (tertiary/aromatic N) is 3. The van der Waals surface area contributed by atoms with E-state index in [-0.39, 0.29) is 0 Å². The van der Waals surface area contributed by atoms with Crippen molar-refractivity contribution in [3.63, 3.8) is 0 Å². The zero-order chi connectivity index (χ0) is 13.0. The summed E-state index contributed by atoms with van der Waals surface area (Å²) in [7, 11) is 1.53. The first-order valence-electron chi connectivity index (χ1n) is 5.51. The second-order valence-electron chi connectivity index (χ2n) is 3.76. The molecule has 0 saturated heterocycles. The van der Waals surface area contributed by atoms with Crippen LogP contribution < -0.4 is 15.8 Å². The number of hydrogen-bond acceptors (Lipinski definition) is 6. The minimum atomic E-state index is 0.312. The highest BCUT2D eigenvalue weighted by Crippen LogP contribution is 2.26. The first-order chi connectivity index (χ1) is 8.70. The number of ether oxygens (including phenoxy) is 1. The smallest absolute Gasteiger partial charge is 0.203 e. The summed E-state index contributed by atoms with van der Waals surface area (Å²) in [6, 6.07) is 5.86. The molecule has 0 amide bonds. The van der Waals surface area contributed by atoms with Crippen molar-refractivity contribution in [2.24, 2.45) is 0 Å². The van der Waals surface area contributed by atoms with Gasteiger partial charge in [-0.15, -0.1) is 0 Å². The fraction of sp³-hybridized carbons (Fsp3) is 0.250. The first kappa shape index (κ1) is 12.1. The van der Waals surface area contributed by atoms with E-state index in [2.05, 4.69) is 20.3 Å². The Balaban J connectivity index is 2.13. The SMILES string of the molecule is COc1c(N)ncnc1NCc1cccc(C)n1. The maximum absolute atomic E-state index is 5.69. The van der Waals surface area contributed by atoms with E-state index >= 15 is 0 Å². The lowest BCUT2D eigenvalue weighted by Crippen LogP contribution is -2.07. The van der Waals surface area contributed by atoms with Crippen LogP contribution in [0.4, 0.5) is 11.6 Å². The number of methoxy groups -OCH3 is 1. The number of anilines is 2. The van der Waals surface area contributed by atoms with Gasteiger partial charge < -0.3 is 15.8 Å². The van der Waals surface area contributed by atoms with Crippen LogP contribution in [0.1, 0.15) is 11.4 Å². The molecule has 94 valence electrons. The number of nitrogens with two attached hydrogens (primary N) is 1. The number of nitrogens with one attached hydrogen (secondary N) is 1. The molecule has 0 atom stereocenters. The van der Waals surface area contributed by atoms with E-state index in [1.54, 1.807) is 0 Å². The summed E-state index contributed by atoms with van der Waals surface area (Å²) in [5.41, 5.74) is 7.59. The van der Waals surface area contributed by atoms with Crippen LogP contribution in [-0.4, -0.2) is 22.1 Å². The zero-order valence-corrected chi connectivity index (χ0v) is 10.3. The number of nitrogen functional groups attached to an aromatic ring is 1.